The third kappa shape index (κ3) is 7.73. The van der Waals surface area contributed by atoms with Crippen molar-refractivity contribution >= 4 is 17.9 Å². The first-order valence-corrected chi connectivity index (χ1v) is 12.2. The number of aryl methyl sites for hydroxylation is 1. The highest BCUT2D eigenvalue weighted by atomic mass is 16.6. The topological polar surface area (TPSA) is 108 Å². The molecule has 0 bridgehead atoms. The number of nitrogens with zero attached hydrogens (tertiary/aromatic N) is 1. The highest BCUT2D eigenvalue weighted by Crippen LogP contribution is 2.36. The number of ether oxygens (including phenoxy) is 1. The predicted octanol–water partition coefficient (Wildman–Crippen LogP) is 4.60. The second-order valence-corrected chi connectivity index (χ2v) is 10.4. The Morgan fingerprint density at radius 1 is 0.972 bits per heavy atom. The van der Waals surface area contributed by atoms with Crippen LogP contribution in [0.2, 0.25) is 0 Å². The van der Waals surface area contributed by atoms with E-state index in [1.807, 2.05) is 51.1 Å². The van der Waals surface area contributed by atoms with Gasteiger partial charge in [0.05, 0.1) is 0 Å². The van der Waals surface area contributed by atoms with Crippen LogP contribution in [0.3, 0.4) is 0 Å². The van der Waals surface area contributed by atoms with Crippen LogP contribution in [0, 0.1) is 6.92 Å². The lowest BCUT2D eigenvalue weighted by atomic mass is 9.92. The third-order valence-electron chi connectivity index (χ3n) is 5.95. The van der Waals surface area contributed by atoms with Gasteiger partial charge in [-0.3, -0.25) is 9.59 Å². The zero-order chi connectivity index (χ0) is 27.1. The van der Waals surface area contributed by atoms with E-state index in [0.29, 0.717) is 17.5 Å². The molecule has 0 radical (unpaired) electrons. The average Bonchev–Trinajstić information content (AvgIpc) is 2.81. The number of benzene rings is 2. The van der Waals surface area contributed by atoms with Crippen molar-refractivity contribution in [1.82, 2.24) is 15.5 Å². The lowest BCUT2D eigenvalue weighted by Gasteiger charge is -2.43. The molecule has 2 aromatic carbocycles. The number of phenolic OH excluding ortho intramolecular Hbond substituents is 1. The fourth-order valence-corrected chi connectivity index (χ4v) is 3.73. The predicted molar refractivity (Wildman–Crippen MR) is 139 cm³/mol. The van der Waals surface area contributed by atoms with E-state index in [1.165, 1.54) is 4.90 Å². The second-order valence-electron chi connectivity index (χ2n) is 10.4. The number of para-hydroxylation sites is 1. The molecule has 0 aliphatic rings. The summed E-state index contributed by atoms with van der Waals surface area (Å²) in [6.45, 7) is 12.4. The minimum Gasteiger partial charge on any atom is -0.507 e. The Kier molecular flexibility index (Phi) is 9.50. The molecule has 8 nitrogen and oxygen atoms in total. The van der Waals surface area contributed by atoms with E-state index in [1.54, 1.807) is 45.9 Å². The van der Waals surface area contributed by atoms with Crippen molar-refractivity contribution in [2.75, 3.05) is 6.54 Å². The molecule has 0 saturated heterocycles. The monoisotopic (exact) mass is 497 g/mol. The lowest BCUT2D eigenvalue weighted by molar-refractivity contribution is -0.147. The van der Waals surface area contributed by atoms with E-state index in [2.05, 4.69) is 10.6 Å². The van der Waals surface area contributed by atoms with Crippen molar-refractivity contribution in [1.29, 1.82) is 0 Å². The number of hydrogen-bond donors (Lipinski definition) is 3. The Labute approximate surface area is 214 Å². The van der Waals surface area contributed by atoms with E-state index in [0.717, 1.165) is 5.56 Å². The van der Waals surface area contributed by atoms with Gasteiger partial charge in [-0.15, -0.1) is 0 Å². The van der Waals surface area contributed by atoms with Crippen LogP contribution in [-0.4, -0.2) is 45.6 Å². The number of alkyl carbamates (subject to hydrolysis) is 1. The van der Waals surface area contributed by atoms with Crippen LogP contribution in [0.1, 0.15) is 70.7 Å². The maximum atomic E-state index is 13.7. The van der Waals surface area contributed by atoms with Crippen molar-refractivity contribution in [2.24, 2.45) is 0 Å². The van der Waals surface area contributed by atoms with Gasteiger partial charge in [-0.2, -0.15) is 0 Å². The quantitative estimate of drug-likeness (QED) is 0.469. The first kappa shape index (κ1) is 28.7. The van der Waals surface area contributed by atoms with Crippen molar-refractivity contribution < 1.29 is 24.2 Å². The molecule has 0 aliphatic carbocycles. The molecule has 2 rings (SSSR count). The average molecular weight is 498 g/mol. The number of carbonyl (C=O) groups excluding carboxylic acids is 3. The summed E-state index contributed by atoms with van der Waals surface area (Å²) < 4.78 is 5.25. The van der Waals surface area contributed by atoms with E-state index in [9.17, 15) is 19.5 Å². The smallest absolute Gasteiger partial charge is 0.408 e. The van der Waals surface area contributed by atoms with E-state index in [-0.39, 0.29) is 18.8 Å². The summed E-state index contributed by atoms with van der Waals surface area (Å²) in [6.07, 6.45) is -0.200. The summed E-state index contributed by atoms with van der Waals surface area (Å²) in [7, 11) is 0. The normalized spacial score (nSPS) is 12.4. The van der Waals surface area contributed by atoms with Gasteiger partial charge in [0.2, 0.25) is 11.8 Å². The molecule has 0 fully saturated rings. The van der Waals surface area contributed by atoms with Crippen molar-refractivity contribution in [3.8, 4) is 5.75 Å². The van der Waals surface area contributed by atoms with Crippen LogP contribution >= 0.6 is 0 Å². The van der Waals surface area contributed by atoms with Gasteiger partial charge in [-0.1, -0.05) is 55.5 Å². The summed E-state index contributed by atoms with van der Waals surface area (Å²) in [5, 5.41) is 16.3. The highest BCUT2D eigenvalue weighted by molar-refractivity contribution is 5.91. The summed E-state index contributed by atoms with van der Waals surface area (Å²) in [5.41, 5.74) is 0.298. The molecule has 2 aromatic rings. The minimum absolute atomic E-state index is 0.0536. The van der Waals surface area contributed by atoms with E-state index < -0.39 is 35.1 Å². The number of nitrogens with one attached hydrogen (secondary N) is 2. The minimum atomic E-state index is -1.13. The van der Waals surface area contributed by atoms with Crippen molar-refractivity contribution in [3.05, 3.63) is 65.2 Å². The molecular formula is C28H39N3O5. The van der Waals surface area contributed by atoms with Crippen LogP contribution < -0.4 is 10.6 Å². The summed E-state index contributed by atoms with van der Waals surface area (Å²) in [5.74, 6) is -0.970. The number of carbonyl (C=O) groups is 3. The molecule has 0 heterocycles. The molecule has 0 saturated carbocycles. The van der Waals surface area contributed by atoms with Crippen LogP contribution in [-0.2, 0) is 20.9 Å². The fraction of sp³-hybridized carbons (Fsp3) is 0.464. The van der Waals surface area contributed by atoms with Crippen LogP contribution in [0.15, 0.2) is 48.5 Å². The molecule has 1 atom stereocenters. The number of aromatic hydroxyl groups is 1. The highest BCUT2D eigenvalue weighted by Gasteiger charge is 2.41. The molecule has 0 aliphatic heterocycles. The maximum absolute atomic E-state index is 13.7. The molecule has 3 N–H and O–H groups in total. The molecular weight excluding hydrogens is 458 g/mol. The maximum Gasteiger partial charge on any atom is 0.408 e. The molecule has 0 spiro atoms. The Balaban J connectivity index is 2.45. The second kappa shape index (κ2) is 11.9. The number of phenols is 1. The van der Waals surface area contributed by atoms with Crippen molar-refractivity contribution in [3.63, 3.8) is 0 Å². The summed E-state index contributed by atoms with van der Waals surface area (Å²) >= 11 is 0. The summed E-state index contributed by atoms with van der Waals surface area (Å²) in [4.78, 5) is 40.9. The van der Waals surface area contributed by atoms with Gasteiger partial charge >= 0.3 is 6.09 Å². The zero-order valence-corrected chi connectivity index (χ0v) is 22.3. The first-order valence-electron chi connectivity index (χ1n) is 12.2. The summed E-state index contributed by atoms with van der Waals surface area (Å²) in [6, 6.07) is 13.4. The third-order valence-corrected chi connectivity index (χ3v) is 5.95. The van der Waals surface area contributed by atoms with Gasteiger partial charge in [0, 0.05) is 17.6 Å². The van der Waals surface area contributed by atoms with Crippen LogP contribution in [0.25, 0.3) is 0 Å². The van der Waals surface area contributed by atoms with Gasteiger partial charge in [-0.25, -0.2) is 4.79 Å². The van der Waals surface area contributed by atoms with Gasteiger partial charge in [0.15, 0.2) is 0 Å². The first-order chi connectivity index (χ1) is 16.8. The van der Waals surface area contributed by atoms with Crippen LogP contribution in [0.4, 0.5) is 4.79 Å². The van der Waals surface area contributed by atoms with Crippen LogP contribution in [0.5, 0.6) is 5.75 Å². The number of rotatable bonds is 9. The number of hydrogen-bond acceptors (Lipinski definition) is 5. The van der Waals surface area contributed by atoms with Gasteiger partial charge in [0.25, 0.3) is 0 Å². The molecule has 3 amide bonds. The Morgan fingerprint density at radius 2 is 1.61 bits per heavy atom. The largest absolute Gasteiger partial charge is 0.507 e. The molecule has 196 valence electrons. The van der Waals surface area contributed by atoms with Gasteiger partial charge in [-0.05, 0) is 59.1 Å². The fourth-order valence-electron chi connectivity index (χ4n) is 3.73. The van der Waals surface area contributed by atoms with Gasteiger partial charge < -0.3 is 25.4 Å². The number of amides is 3. The zero-order valence-electron chi connectivity index (χ0n) is 22.3. The standard InChI is InChI=1S/C28H39N3O5/c1-8-28(6,7)31(22(32)18-30-26(35)36-27(3,4)5)23(21-16-12-13-19(2)24(21)33)25(34)29-17-20-14-10-9-11-15-20/h9-16,23,33H,8,17-18H2,1-7H3,(H,29,34)(H,30,35). The molecule has 8 heteroatoms. The Bertz CT molecular complexity index is 1060. The SMILES string of the molecule is CCC(C)(C)N(C(=O)CNC(=O)OC(C)(C)C)C(C(=O)NCc1ccccc1)c1cccc(C)c1O. The Hall–Kier alpha value is -3.55. The van der Waals surface area contributed by atoms with Gasteiger partial charge in [0.1, 0.15) is 23.9 Å². The molecule has 1 unspecified atom stereocenters. The van der Waals surface area contributed by atoms with E-state index >= 15 is 0 Å². The van der Waals surface area contributed by atoms with E-state index in [4.69, 9.17) is 4.74 Å². The van der Waals surface area contributed by atoms with Crippen molar-refractivity contribution in [2.45, 2.75) is 78.6 Å². The molecule has 36 heavy (non-hydrogen) atoms. The Morgan fingerprint density at radius 3 is 2.19 bits per heavy atom. The lowest BCUT2D eigenvalue weighted by Crippen LogP contribution is -2.56. The molecule has 0 aromatic heterocycles.